The molecule has 0 aliphatic heterocycles. The summed E-state index contributed by atoms with van der Waals surface area (Å²) < 4.78 is 7.38. The van der Waals surface area contributed by atoms with E-state index in [1.807, 2.05) is 0 Å². The molecule has 0 bridgehead atoms. The molecule has 210 valence electrons. The number of benzene rings is 5. The molecule has 2 aromatic heterocycles. The van der Waals surface area contributed by atoms with Gasteiger partial charge in [-0.2, -0.15) is 0 Å². The lowest BCUT2D eigenvalue weighted by molar-refractivity contribution is 0.590. The third kappa shape index (κ3) is 4.57. The Bertz CT molecular complexity index is 1990. The van der Waals surface area contributed by atoms with Crippen molar-refractivity contribution in [2.24, 2.45) is 0 Å². The molecule has 0 spiro atoms. The number of nitrogens with zero attached hydrogens (tertiary/aromatic N) is 2. The van der Waals surface area contributed by atoms with Gasteiger partial charge in [-0.15, -0.1) is 0 Å². The van der Waals surface area contributed by atoms with Crippen LogP contribution in [0.1, 0.15) is 52.7 Å². The molecule has 0 aliphatic carbocycles. The predicted molar refractivity (Wildman–Crippen MR) is 198 cm³/mol. The lowest BCUT2D eigenvalue weighted by Gasteiger charge is -2.19. The minimum absolute atomic E-state index is 0.116. The van der Waals surface area contributed by atoms with Crippen LogP contribution in [0.4, 0.5) is 0 Å². The maximum atomic E-state index is 2.45. The molecule has 0 saturated carbocycles. The summed E-state index contributed by atoms with van der Waals surface area (Å²) in [6.07, 6.45) is 0. The van der Waals surface area contributed by atoms with Crippen LogP contribution in [0.15, 0.2) is 97.1 Å². The molecular weight excluding hydrogens is 738 g/mol. The highest BCUT2D eigenvalue weighted by Gasteiger charge is 2.20. The van der Waals surface area contributed by atoms with E-state index < -0.39 is 0 Å². The van der Waals surface area contributed by atoms with Gasteiger partial charge in [0.25, 0.3) is 0 Å². The van der Waals surface area contributed by atoms with E-state index in [1.54, 1.807) is 0 Å². The lowest BCUT2D eigenvalue weighted by Crippen LogP contribution is -2.10. The van der Waals surface area contributed by atoms with Crippen molar-refractivity contribution in [2.45, 2.75) is 52.4 Å². The molecule has 7 aromatic rings. The van der Waals surface area contributed by atoms with Crippen molar-refractivity contribution in [3.8, 4) is 11.4 Å². The second-order valence-electron chi connectivity index (χ2n) is 13.5. The Morgan fingerprint density at radius 3 is 1.07 bits per heavy atom. The fourth-order valence-corrected chi connectivity index (χ4v) is 7.20. The SMILES string of the molecule is CC(C)(C)c1ccc(-n2c3cc(I)ccc3c3cc4c(cc32)c2ccc(I)cc2n4-c2ccc(C(C)(C)C)cc2)cc1. The van der Waals surface area contributed by atoms with E-state index in [1.165, 1.54) is 73.3 Å². The third-order valence-corrected chi connectivity index (χ3v) is 9.90. The fraction of sp³-hybridized carbons (Fsp3) is 0.211. The second-order valence-corrected chi connectivity index (χ2v) is 16.0. The maximum Gasteiger partial charge on any atom is 0.0551 e. The zero-order chi connectivity index (χ0) is 29.6. The van der Waals surface area contributed by atoms with Crippen LogP contribution < -0.4 is 0 Å². The topological polar surface area (TPSA) is 9.86 Å². The van der Waals surface area contributed by atoms with Crippen LogP contribution in [-0.4, -0.2) is 9.13 Å². The van der Waals surface area contributed by atoms with Gasteiger partial charge in [-0.1, -0.05) is 77.9 Å². The number of rotatable bonds is 2. The highest BCUT2D eigenvalue weighted by molar-refractivity contribution is 14.1. The minimum Gasteiger partial charge on any atom is -0.309 e. The van der Waals surface area contributed by atoms with Crippen LogP contribution in [0.2, 0.25) is 0 Å². The first-order valence-electron chi connectivity index (χ1n) is 14.5. The summed E-state index contributed by atoms with van der Waals surface area (Å²) in [5.74, 6) is 0. The number of hydrogen-bond donors (Lipinski definition) is 0. The van der Waals surface area contributed by atoms with Crippen LogP contribution >= 0.6 is 45.2 Å². The van der Waals surface area contributed by atoms with Crippen molar-refractivity contribution in [1.29, 1.82) is 0 Å². The molecular formula is C38H34I2N2. The molecule has 0 N–H and O–H groups in total. The van der Waals surface area contributed by atoms with Crippen LogP contribution in [0.5, 0.6) is 0 Å². The van der Waals surface area contributed by atoms with E-state index in [9.17, 15) is 0 Å². The third-order valence-electron chi connectivity index (χ3n) is 8.56. The van der Waals surface area contributed by atoms with Crippen LogP contribution in [-0.2, 0) is 10.8 Å². The molecule has 0 unspecified atom stereocenters. The molecule has 0 atom stereocenters. The number of hydrogen-bond acceptors (Lipinski definition) is 0. The largest absolute Gasteiger partial charge is 0.309 e. The van der Waals surface area contributed by atoms with Gasteiger partial charge in [0, 0.05) is 40.1 Å². The van der Waals surface area contributed by atoms with E-state index >= 15 is 0 Å². The quantitative estimate of drug-likeness (QED) is 0.155. The highest BCUT2D eigenvalue weighted by Crippen LogP contribution is 2.40. The average molecular weight is 773 g/mol. The molecule has 42 heavy (non-hydrogen) atoms. The predicted octanol–water partition coefficient (Wildman–Crippen LogP) is 11.7. The fourth-order valence-electron chi connectivity index (χ4n) is 6.25. The van der Waals surface area contributed by atoms with Crippen molar-refractivity contribution in [3.63, 3.8) is 0 Å². The first-order valence-corrected chi connectivity index (χ1v) is 16.7. The summed E-state index contributed by atoms with van der Waals surface area (Å²) in [6, 6.07) is 36.8. The minimum atomic E-state index is 0.116. The van der Waals surface area contributed by atoms with Crippen LogP contribution in [0.25, 0.3) is 55.0 Å². The molecule has 0 saturated heterocycles. The summed E-state index contributed by atoms with van der Waals surface area (Å²) >= 11 is 4.87. The first-order chi connectivity index (χ1) is 19.9. The van der Waals surface area contributed by atoms with Gasteiger partial charge in [-0.25, -0.2) is 0 Å². The van der Waals surface area contributed by atoms with Gasteiger partial charge in [-0.3, -0.25) is 0 Å². The summed E-state index contributed by atoms with van der Waals surface area (Å²) in [6.45, 7) is 13.6. The zero-order valence-corrected chi connectivity index (χ0v) is 29.2. The van der Waals surface area contributed by atoms with E-state index in [-0.39, 0.29) is 10.8 Å². The van der Waals surface area contributed by atoms with Gasteiger partial charge in [0.15, 0.2) is 0 Å². The molecule has 0 aliphatic rings. The van der Waals surface area contributed by atoms with Gasteiger partial charge < -0.3 is 9.13 Å². The Morgan fingerprint density at radius 1 is 0.405 bits per heavy atom. The molecule has 0 amide bonds. The Morgan fingerprint density at radius 2 is 0.738 bits per heavy atom. The summed E-state index contributed by atoms with van der Waals surface area (Å²) in [5.41, 5.74) is 10.3. The van der Waals surface area contributed by atoms with Crippen molar-refractivity contribution in [1.82, 2.24) is 9.13 Å². The van der Waals surface area contributed by atoms with Crippen molar-refractivity contribution < 1.29 is 0 Å². The Hall–Kier alpha value is -2.84. The normalized spacial score (nSPS) is 12.8. The second kappa shape index (κ2) is 9.84. The van der Waals surface area contributed by atoms with E-state index in [2.05, 4.69) is 193 Å². The van der Waals surface area contributed by atoms with Crippen LogP contribution in [0, 0.1) is 7.14 Å². The molecule has 2 nitrogen and oxygen atoms in total. The summed E-state index contributed by atoms with van der Waals surface area (Å²) in [4.78, 5) is 0. The Balaban J connectivity index is 1.57. The van der Waals surface area contributed by atoms with Gasteiger partial charge in [-0.05, 0) is 128 Å². The molecule has 5 aromatic carbocycles. The average Bonchev–Trinajstić information content (AvgIpc) is 3.41. The highest BCUT2D eigenvalue weighted by atomic mass is 127. The maximum absolute atomic E-state index is 2.45. The summed E-state index contributed by atoms with van der Waals surface area (Å²) in [5, 5.41) is 5.11. The smallest absolute Gasteiger partial charge is 0.0551 e. The van der Waals surface area contributed by atoms with Crippen LogP contribution in [0.3, 0.4) is 0 Å². The zero-order valence-electron chi connectivity index (χ0n) is 24.9. The van der Waals surface area contributed by atoms with E-state index in [4.69, 9.17) is 0 Å². The standard InChI is InChI=1S/C38H34I2N2/c1-37(2,3)23-7-13-27(14-8-23)41-33-19-25(39)11-17-29(33)31-22-36-32(21-35(31)41)30-18-12-26(40)20-34(30)42(36)28-15-9-24(10-16-28)38(4,5)6/h7-22H,1-6H3. The Kier molecular flexibility index (Phi) is 6.55. The van der Waals surface area contributed by atoms with Gasteiger partial charge in [0.05, 0.1) is 22.1 Å². The Labute approximate surface area is 275 Å². The number of aromatic nitrogens is 2. The molecule has 7 rings (SSSR count). The van der Waals surface area contributed by atoms with Gasteiger partial charge in [0.2, 0.25) is 0 Å². The first kappa shape index (κ1) is 28.0. The number of fused-ring (bicyclic) bond motifs is 6. The lowest BCUT2D eigenvalue weighted by atomic mass is 9.87. The van der Waals surface area contributed by atoms with Crippen molar-refractivity contribution in [3.05, 3.63) is 115 Å². The molecule has 4 heteroatoms. The van der Waals surface area contributed by atoms with E-state index in [0.717, 1.165) is 0 Å². The monoisotopic (exact) mass is 772 g/mol. The van der Waals surface area contributed by atoms with Crippen molar-refractivity contribution >= 4 is 88.8 Å². The molecule has 2 heterocycles. The molecule has 0 radical (unpaired) electrons. The van der Waals surface area contributed by atoms with Gasteiger partial charge in [0.1, 0.15) is 0 Å². The summed E-state index contributed by atoms with van der Waals surface area (Å²) in [7, 11) is 0. The number of halogens is 2. The van der Waals surface area contributed by atoms with Crippen molar-refractivity contribution in [2.75, 3.05) is 0 Å². The van der Waals surface area contributed by atoms with E-state index in [0.29, 0.717) is 0 Å². The molecule has 0 fully saturated rings. The van der Waals surface area contributed by atoms with Gasteiger partial charge >= 0.3 is 0 Å².